The average Bonchev–Trinajstić information content (AvgIpc) is 2.16. The molecule has 0 saturated carbocycles. The molecule has 0 N–H and O–H groups in total. The Morgan fingerprint density at radius 2 is 1.86 bits per heavy atom. The van der Waals surface area contributed by atoms with Gasteiger partial charge in [-0.25, -0.2) is 0 Å². The predicted octanol–water partition coefficient (Wildman–Crippen LogP) is 2.99. The van der Waals surface area contributed by atoms with E-state index in [-0.39, 0.29) is 11.9 Å². The Morgan fingerprint density at radius 1 is 1.36 bits per heavy atom. The zero-order valence-electron chi connectivity index (χ0n) is 8.62. The van der Waals surface area contributed by atoms with E-state index in [1.807, 2.05) is 38.2 Å². The first-order chi connectivity index (χ1) is 6.52. The maximum Gasteiger partial charge on any atom is 0.219 e. The van der Waals surface area contributed by atoms with Crippen molar-refractivity contribution in [1.82, 2.24) is 4.90 Å². The van der Waals surface area contributed by atoms with Crippen LogP contribution in [0.1, 0.15) is 25.5 Å². The van der Waals surface area contributed by atoms with Crippen LogP contribution in [0.4, 0.5) is 0 Å². The zero-order chi connectivity index (χ0) is 10.7. The summed E-state index contributed by atoms with van der Waals surface area (Å²) in [5.74, 6) is 0.0837. The van der Waals surface area contributed by atoms with E-state index < -0.39 is 0 Å². The lowest BCUT2D eigenvalue weighted by atomic mass is 10.1. The van der Waals surface area contributed by atoms with Crippen molar-refractivity contribution < 1.29 is 4.79 Å². The minimum absolute atomic E-state index is 0.0837. The van der Waals surface area contributed by atoms with Crippen LogP contribution in [-0.4, -0.2) is 17.9 Å². The second kappa shape index (κ2) is 4.60. The van der Waals surface area contributed by atoms with Crippen molar-refractivity contribution in [3.05, 3.63) is 34.3 Å². The highest BCUT2D eigenvalue weighted by molar-refractivity contribution is 9.10. The van der Waals surface area contributed by atoms with Gasteiger partial charge in [0, 0.05) is 18.4 Å². The van der Waals surface area contributed by atoms with E-state index in [1.54, 1.807) is 11.8 Å². The number of carbonyl (C=O) groups is 1. The van der Waals surface area contributed by atoms with Crippen molar-refractivity contribution >= 4 is 21.8 Å². The third kappa shape index (κ3) is 2.58. The van der Waals surface area contributed by atoms with Crippen molar-refractivity contribution in [2.45, 2.75) is 19.9 Å². The molecule has 0 aromatic heterocycles. The van der Waals surface area contributed by atoms with Gasteiger partial charge in [0.1, 0.15) is 0 Å². The smallest absolute Gasteiger partial charge is 0.219 e. The van der Waals surface area contributed by atoms with Gasteiger partial charge in [-0.15, -0.1) is 0 Å². The maximum atomic E-state index is 11.1. The maximum absolute atomic E-state index is 11.1. The van der Waals surface area contributed by atoms with E-state index in [0.29, 0.717) is 0 Å². The van der Waals surface area contributed by atoms with Gasteiger partial charge in [-0.2, -0.15) is 0 Å². The van der Waals surface area contributed by atoms with E-state index >= 15 is 0 Å². The van der Waals surface area contributed by atoms with Crippen LogP contribution < -0.4 is 0 Å². The molecule has 1 atom stereocenters. The largest absolute Gasteiger partial charge is 0.339 e. The van der Waals surface area contributed by atoms with E-state index in [2.05, 4.69) is 15.9 Å². The van der Waals surface area contributed by atoms with E-state index in [0.717, 1.165) is 10.0 Å². The van der Waals surface area contributed by atoms with Crippen molar-refractivity contribution in [3.8, 4) is 0 Å². The van der Waals surface area contributed by atoms with Crippen LogP contribution in [0, 0.1) is 0 Å². The Labute approximate surface area is 93.0 Å². The van der Waals surface area contributed by atoms with Crippen LogP contribution in [0.5, 0.6) is 0 Å². The molecule has 0 fully saturated rings. The fourth-order valence-corrected chi connectivity index (χ4v) is 1.50. The van der Waals surface area contributed by atoms with E-state index in [9.17, 15) is 4.79 Å². The molecule has 0 aliphatic carbocycles. The van der Waals surface area contributed by atoms with Crippen LogP contribution in [0.3, 0.4) is 0 Å². The molecule has 0 bridgehead atoms. The van der Waals surface area contributed by atoms with Crippen LogP contribution in [0.25, 0.3) is 0 Å². The third-order valence-electron chi connectivity index (χ3n) is 2.43. The lowest BCUT2D eigenvalue weighted by molar-refractivity contribution is -0.129. The number of hydrogen-bond donors (Lipinski definition) is 0. The molecule has 0 aliphatic heterocycles. The van der Waals surface area contributed by atoms with Gasteiger partial charge >= 0.3 is 0 Å². The minimum Gasteiger partial charge on any atom is -0.339 e. The standard InChI is InChI=1S/C11H14BrNO/c1-8(13(3)9(2)14)10-4-6-11(12)7-5-10/h4-8H,1-3H3/t8-/m0/s1. The number of carbonyl (C=O) groups excluding carboxylic acids is 1. The van der Waals surface area contributed by atoms with Gasteiger partial charge in [-0.1, -0.05) is 28.1 Å². The van der Waals surface area contributed by atoms with E-state index in [1.165, 1.54) is 0 Å². The van der Waals surface area contributed by atoms with Gasteiger partial charge in [-0.3, -0.25) is 4.79 Å². The molecule has 0 radical (unpaired) electrons. The lowest BCUT2D eigenvalue weighted by Crippen LogP contribution is -2.26. The second-order valence-corrected chi connectivity index (χ2v) is 4.27. The highest BCUT2D eigenvalue weighted by Gasteiger charge is 2.13. The van der Waals surface area contributed by atoms with Gasteiger partial charge in [0.15, 0.2) is 0 Å². The Kier molecular flexibility index (Phi) is 3.69. The van der Waals surface area contributed by atoms with Crippen molar-refractivity contribution in [2.24, 2.45) is 0 Å². The molecule has 1 aromatic rings. The highest BCUT2D eigenvalue weighted by atomic mass is 79.9. The monoisotopic (exact) mass is 255 g/mol. The second-order valence-electron chi connectivity index (χ2n) is 3.36. The topological polar surface area (TPSA) is 20.3 Å². The van der Waals surface area contributed by atoms with Gasteiger partial charge in [-0.05, 0) is 24.6 Å². The number of rotatable bonds is 2. The summed E-state index contributed by atoms with van der Waals surface area (Å²) < 4.78 is 1.05. The summed E-state index contributed by atoms with van der Waals surface area (Å²) >= 11 is 3.38. The predicted molar refractivity (Wildman–Crippen MR) is 61.0 cm³/mol. The van der Waals surface area contributed by atoms with Crippen molar-refractivity contribution in [3.63, 3.8) is 0 Å². The quantitative estimate of drug-likeness (QED) is 0.796. The Bertz CT molecular complexity index is 321. The SMILES string of the molecule is CC(=O)N(C)[C@@H](C)c1ccc(Br)cc1. The Balaban J connectivity index is 2.84. The van der Waals surface area contributed by atoms with Crippen LogP contribution in [0.2, 0.25) is 0 Å². The number of hydrogen-bond acceptors (Lipinski definition) is 1. The highest BCUT2D eigenvalue weighted by Crippen LogP contribution is 2.20. The molecule has 1 aromatic carbocycles. The number of benzene rings is 1. The first-order valence-electron chi connectivity index (χ1n) is 4.51. The van der Waals surface area contributed by atoms with Crippen molar-refractivity contribution in [1.29, 1.82) is 0 Å². The van der Waals surface area contributed by atoms with Crippen LogP contribution >= 0.6 is 15.9 Å². The molecule has 3 heteroatoms. The third-order valence-corrected chi connectivity index (χ3v) is 2.96. The Morgan fingerprint density at radius 3 is 2.29 bits per heavy atom. The number of nitrogens with zero attached hydrogens (tertiary/aromatic N) is 1. The molecule has 0 unspecified atom stereocenters. The molecule has 1 rings (SSSR count). The molecule has 1 amide bonds. The molecular formula is C11H14BrNO. The zero-order valence-corrected chi connectivity index (χ0v) is 10.2. The summed E-state index contributed by atoms with van der Waals surface area (Å²) in [6, 6.07) is 8.14. The Hall–Kier alpha value is -0.830. The van der Waals surface area contributed by atoms with Gasteiger partial charge in [0.05, 0.1) is 6.04 Å². The summed E-state index contributed by atoms with van der Waals surface area (Å²) in [6.07, 6.45) is 0. The van der Waals surface area contributed by atoms with Crippen LogP contribution in [-0.2, 0) is 4.79 Å². The van der Waals surface area contributed by atoms with Crippen LogP contribution in [0.15, 0.2) is 28.7 Å². The summed E-state index contributed by atoms with van der Waals surface area (Å²) in [6.45, 7) is 3.60. The molecule has 14 heavy (non-hydrogen) atoms. The van der Waals surface area contributed by atoms with E-state index in [4.69, 9.17) is 0 Å². The first kappa shape index (κ1) is 11.2. The van der Waals surface area contributed by atoms with Gasteiger partial charge in [0.2, 0.25) is 5.91 Å². The molecule has 2 nitrogen and oxygen atoms in total. The fourth-order valence-electron chi connectivity index (χ4n) is 1.24. The molecular weight excluding hydrogens is 242 g/mol. The van der Waals surface area contributed by atoms with Crippen molar-refractivity contribution in [2.75, 3.05) is 7.05 Å². The number of amides is 1. The fraction of sp³-hybridized carbons (Fsp3) is 0.364. The summed E-state index contributed by atoms with van der Waals surface area (Å²) in [7, 11) is 1.81. The lowest BCUT2D eigenvalue weighted by Gasteiger charge is -2.23. The molecule has 76 valence electrons. The molecule has 0 heterocycles. The van der Waals surface area contributed by atoms with Gasteiger partial charge < -0.3 is 4.90 Å². The van der Waals surface area contributed by atoms with Gasteiger partial charge in [0.25, 0.3) is 0 Å². The minimum atomic E-state index is 0.0837. The number of halogens is 1. The normalized spacial score (nSPS) is 12.3. The average molecular weight is 256 g/mol. The molecule has 0 spiro atoms. The first-order valence-corrected chi connectivity index (χ1v) is 5.30. The molecule has 0 aliphatic rings. The summed E-state index contributed by atoms with van der Waals surface area (Å²) in [4.78, 5) is 12.9. The molecule has 0 saturated heterocycles. The summed E-state index contributed by atoms with van der Waals surface area (Å²) in [5.41, 5.74) is 1.14. The summed E-state index contributed by atoms with van der Waals surface area (Å²) in [5, 5.41) is 0.